The molecule has 1 aliphatic rings. The van der Waals surface area contributed by atoms with E-state index in [0.717, 1.165) is 11.1 Å². The number of hydrogen-bond donors (Lipinski definition) is 2. The maximum absolute atomic E-state index is 13.4. The number of nitrogens with zero attached hydrogens (tertiary/aromatic N) is 4. The molecule has 0 radical (unpaired) electrons. The molecule has 2 heterocycles. The number of amides is 2. The Morgan fingerprint density at radius 2 is 2.17 bits per heavy atom. The maximum Gasteiger partial charge on any atom is 0.408 e. The van der Waals surface area contributed by atoms with Crippen LogP contribution in [0.4, 0.5) is 14.9 Å². The van der Waals surface area contributed by atoms with E-state index in [4.69, 9.17) is 4.74 Å². The lowest BCUT2D eigenvalue weighted by molar-refractivity contribution is 0.101. The molecule has 2 N–H and O–H groups in total. The van der Waals surface area contributed by atoms with Crippen molar-refractivity contribution in [3.63, 3.8) is 0 Å². The summed E-state index contributed by atoms with van der Waals surface area (Å²) in [7, 11) is 3.50. The van der Waals surface area contributed by atoms with Gasteiger partial charge in [-0.3, -0.25) is 9.48 Å². The fourth-order valence-corrected chi connectivity index (χ4v) is 3.68. The van der Waals surface area contributed by atoms with E-state index in [1.165, 1.54) is 29.2 Å². The lowest BCUT2D eigenvalue weighted by Crippen LogP contribution is -2.27. The monoisotopic (exact) mass is 412 g/mol. The Bertz CT molecular complexity index is 1110. The number of hydrogen-bond acceptors (Lipinski definition) is 5. The third kappa shape index (κ3) is 4.02. The number of aromatic nitrogens is 4. The summed E-state index contributed by atoms with van der Waals surface area (Å²) in [6.45, 7) is -0.0255. The minimum atomic E-state index is -0.574. The van der Waals surface area contributed by atoms with E-state index < -0.39 is 11.9 Å². The van der Waals surface area contributed by atoms with Gasteiger partial charge >= 0.3 is 6.09 Å². The predicted molar refractivity (Wildman–Crippen MR) is 105 cm³/mol. The van der Waals surface area contributed by atoms with Crippen molar-refractivity contribution in [2.45, 2.75) is 25.5 Å². The Morgan fingerprint density at radius 3 is 2.90 bits per heavy atom. The molecule has 3 aromatic rings. The van der Waals surface area contributed by atoms with Gasteiger partial charge in [0.05, 0.1) is 6.04 Å². The van der Waals surface area contributed by atoms with Crippen molar-refractivity contribution < 1.29 is 18.7 Å². The molecule has 2 aromatic heterocycles. The second-order valence-electron chi connectivity index (χ2n) is 7.13. The van der Waals surface area contributed by atoms with Crippen molar-refractivity contribution in [2.24, 2.45) is 14.1 Å². The summed E-state index contributed by atoms with van der Waals surface area (Å²) in [6, 6.07) is 5.48. The van der Waals surface area contributed by atoms with Crippen molar-refractivity contribution >= 4 is 17.7 Å². The highest BCUT2D eigenvalue weighted by Gasteiger charge is 2.31. The number of halogens is 1. The first-order valence-corrected chi connectivity index (χ1v) is 9.43. The summed E-state index contributed by atoms with van der Waals surface area (Å²) in [5.74, 6) is -0.335. The highest BCUT2D eigenvalue weighted by Crippen LogP contribution is 2.35. The third-order valence-corrected chi connectivity index (χ3v) is 4.95. The first-order valence-electron chi connectivity index (χ1n) is 9.43. The molecule has 9 nitrogen and oxygen atoms in total. The third-order valence-electron chi connectivity index (χ3n) is 4.95. The molecule has 0 fully saturated rings. The molecule has 156 valence electrons. The largest absolute Gasteiger partial charge is 0.441 e. The SMILES string of the molecule is Cn1cnc(COC(=O)NC2CCc3c2cn(C)c3C(=O)Nc2cccc(F)c2)n1. The zero-order valence-electron chi connectivity index (χ0n) is 16.6. The Balaban J connectivity index is 1.42. The van der Waals surface area contributed by atoms with Crippen LogP contribution in [-0.2, 0) is 31.9 Å². The van der Waals surface area contributed by atoms with E-state index >= 15 is 0 Å². The summed E-state index contributed by atoms with van der Waals surface area (Å²) in [5.41, 5.74) is 2.61. The number of nitrogens with one attached hydrogen (secondary N) is 2. The Kier molecular flexibility index (Phi) is 5.21. The van der Waals surface area contributed by atoms with Crippen molar-refractivity contribution in [1.82, 2.24) is 24.6 Å². The summed E-state index contributed by atoms with van der Waals surface area (Å²) in [6.07, 6.45) is 4.07. The van der Waals surface area contributed by atoms with Crippen LogP contribution < -0.4 is 10.6 Å². The van der Waals surface area contributed by atoms with Crippen LogP contribution in [0.1, 0.15) is 39.9 Å². The average Bonchev–Trinajstić information content (AvgIpc) is 3.36. The van der Waals surface area contributed by atoms with Crippen molar-refractivity contribution in [1.29, 1.82) is 0 Å². The van der Waals surface area contributed by atoms with Gasteiger partial charge < -0.3 is 19.9 Å². The van der Waals surface area contributed by atoms with Crippen LogP contribution in [0, 0.1) is 5.82 Å². The fraction of sp³-hybridized carbons (Fsp3) is 0.300. The number of anilines is 1. The molecule has 0 saturated carbocycles. The topological polar surface area (TPSA) is 103 Å². The van der Waals surface area contributed by atoms with Gasteiger partial charge in [-0.25, -0.2) is 14.2 Å². The number of ether oxygens (including phenoxy) is 1. The van der Waals surface area contributed by atoms with E-state index in [9.17, 15) is 14.0 Å². The molecule has 1 aromatic carbocycles. The van der Waals surface area contributed by atoms with Crippen molar-refractivity contribution in [3.8, 4) is 0 Å². The molecular weight excluding hydrogens is 391 g/mol. The van der Waals surface area contributed by atoms with E-state index in [1.54, 1.807) is 24.7 Å². The molecule has 0 saturated heterocycles. The maximum atomic E-state index is 13.4. The van der Waals surface area contributed by atoms with E-state index in [0.29, 0.717) is 30.0 Å². The fourth-order valence-electron chi connectivity index (χ4n) is 3.68. The first kappa shape index (κ1) is 19.6. The molecule has 1 unspecified atom stereocenters. The minimum Gasteiger partial charge on any atom is -0.441 e. The highest BCUT2D eigenvalue weighted by molar-refractivity contribution is 6.04. The normalized spacial score (nSPS) is 15.0. The van der Waals surface area contributed by atoms with Crippen LogP contribution in [0.5, 0.6) is 0 Å². The van der Waals surface area contributed by atoms with E-state index in [-0.39, 0.29) is 18.6 Å². The molecule has 10 heteroatoms. The molecule has 30 heavy (non-hydrogen) atoms. The van der Waals surface area contributed by atoms with Crippen molar-refractivity contribution in [2.75, 3.05) is 5.32 Å². The summed E-state index contributed by atoms with van der Waals surface area (Å²) in [4.78, 5) is 29.0. The molecule has 0 spiro atoms. The molecule has 1 atom stereocenters. The molecule has 2 amide bonds. The van der Waals surface area contributed by atoms with Gasteiger partial charge in [-0.1, -0.05) is 6.07 Å². The number of rotatable bonds is 5. The smallest absolute Gasteiger partial charge is 0.408 e. The second kappa shape index (κ2) is 7.97. The Morgan fingerprint density at radius 1 is 1.33 bits per heavy atom. The molecule has 0 bridgehead atoms. The molecule has 0 aliphatic heterocycles. The standard InChI is InChI=1S/C20H21FN6O3/c1-26-9-15-14(18(26)19(28)23-13-5-3-4-12(21)8-13)6-7-16(15)24-20(29)30-10-17-22-11-27(2)25-17/h3-5,8-9,11,16H,6-7,10H2,1-2H3,(H,23,28)(H,24,29). The molecule has 4 rings (SSSR count). The minimum absolute atomic E-state index is 0.0255. The van der Waals surface area contributed by atoms with Crippen LogP contribution >= 0.6 is 0 Å². The van der Waals surface area contributed by atoms with Crippen LogP contribution in [0.15, 0.2) is 36.8 Å². The summed E-state index contributed by atoms with van der Waals surface area (Å²) >= 11 is 0. The second-order valence-corrected chi connectivity index (χ2v) is 7.13. The summed E-state index contributed by atoms with van der Waals surface area (Å²) in [5, 5.41) is 9.61. The van der Waals surface area contributed by atoms with Gasteiger partial charge in [-0.2, -0.15) is 5.10 Å². The predicted octanol–water partition coefficient (Wildman–Crippen LogP) is 2.46. The van der Waals surface area contributed by atoms with Gasteiger partial charge in [0.2, 0.25) is 0 Å². The first-order chi connectivity index (χ1) is 14.4. The molecule has 1 aliphatic carbocycles. The van der Waals surface area contributed by atoms with Crippen LogP contribution in [0.2, 0.25) is 0 Å². The number of alkyl carbamates (subject to hydrolysis) is 1. The van der Waals surface area contributed by atoms with Gasteiger partial charge in [-0.05, 0) is 42.2 Å². The average molecular weight is 412 g/mol. The lowest BCUT2D eigenvalue weighted by Gasteiger charge is -2.12. The van der Waals surface area contributed by atoms with Crippen LogP contribution in [-0.4, -0.2) is 31.3 Å². The highest BCUT2D eigenvalue weighted by atomic mass is 19.1. The number of fused-ring (bicyclic) bond motifs is 1. The zero-order valence-corrected chi connectivity index (χ0v) is 16.6. The van der Waals surface area contributed by atoms with Gasteiger partial charge in [-0.15, -0.1) is 0 Å². The van der Waals surface area contributed by atoms with Crippen LogP contribution in [0.25, 0.3) is 0 Å². The quantitative estimate of drug-likeness (QED) is 0.670. The number of carbonyl (C=O) groups excluding carboxylic acids is 2. The van der Waals surface area contributed by atoms with Gasteiger partial charge in [0, 0.05) is 26.0 Å². The van der Waals surface area contributed by atoms with Gasteiger partial charge in [0.15, 0.2) is 12.4 Å². The Hall–Kier alpha value is -3.69. The Labute approximate surface area is 171 Å². The summed E-state index contributed by atoms with van der Waals surface area (Å²) < 4.78 is 21.8. The van der Waals surface area contributed by atoms with E-state index in [2.05, 4.69) is 20.7 Å². The van der Waals surface area contributed by atoms with Crippen LogP contribution in [0.3, 0.4) is 0 Å². The number of carbonyl (C=O) groups is 2. The van der Waals surface area contributed by atoms with E-state index in [1.807, 2.05) is 6.20 Å². The zero-order chi connectivity index (χ0) is 21.3. The molecular formula is C20H21FN6O3. The lowest BCUT2D eigenvalue weighted by atomic mass is 10.1. The van der Waals surface area contributed by atoms with Crippen molar-refractivity contribution in [3.05, 3.63) is 65.3 Å². The van der Waals surface area contributed by atoms with Gasteiger partial charge in [0.1, 0.15) is 17.8 Å². The number of benzene rings is 1. The number of aryl methyl sites for hydroxylation is 2. The van der Waals surface area contributed by atoms with Gasteiger partial charge in [0.25, 0.3) is 5.91 Å².